The van der Waals surface area contributed by atoms with Crippen molar-refractivity contribution in [2.45, 2.75) is 12.8 Å². The summed E-state index contributed by atoms with van der Waals surface area (Å²) in [5, 5.41) is 17.4. The van der Waals surface area contributed by atoms with E-state index in [-0.39, 0.29) is 5.46 Å². The zero-order chi connectivity index (χ0) is 10.9. The van der Waals surface area contributed by atoms with Crippen molar-refractivity contribution >= 4 is 12.6 Å². The molecule has 0 radical (unpaired) electrons. The fourth-order valence-electron chi connectivity index (χ4n) is 1.01. The molecule has 0 aromatic heterocycles. The van der Waals surface area contributed by atoms with Crippen molar-refractivity contribution in [3.05, 3.63) is 29.6 Å². The van der Waals surface area contributed by atoms with E-state index in [9.17, 15) is 13.2 Å². The van der Waals surface area contributed by atoms with Gasteiger partial charge in [0.2, 0.25) is 0 Å². The molecule has 2 N–H and O–H groups in total. The SMILES string of the molecule is CC(F)(F)c1cc(F)cc(B(O)O)c1. The van der Waals surface area contributed by atoms with Gasteiger partial charge in [-0.15, -0.1) is 0 Å². The predicted octanol–water partition coefficient (Wildman–Crippen LogP) is 0.617. The van der Waals surface area contributed by atoms with Crippen LogP contribution < -0.4 is 5.46 Å². The lowest BCUT2D eigenvalue weighted by atomic mass is 9.79. The Morgan fingerprint density at radius 1 is 1.21 bits per heavy atom. The highest BCUT2D eigenvalue weighted by Crippen LogP contribution is 2.26. The number of benzene rings is 1. The second-order valence-electron chi connectivity index (χ2n) is 3.04. The molecule has 0 heterocycles. The third-order valence-corrected chi connectivity index (χ3v) is 1.73. The van der Waals surface area contributed by atoms with Gasteiger partial charge in [0, 0.05) is 12.5 Å². The highest BCUT2D eigenvalue weighted by atomic mass is 19.3. The smallest absolute Gasteiger partial charge is 0.423 e. The molecule has 0 aliphatic rings. The summed E-state index contributed by atoms with van der Waals surface area (Å²) >= 11 is 0. The Morgan fingerprint density at radius 3 is 2.21 bits per heavy atom. The van der Waals surface area contributed by atoms with Gasteiger partial charge >= 0.3 is 7.12 Å². The molecule has 0 aliphatic carbocycles. The fraction of sp³-hybridized carbons (Fsp3) is 0.250. The largest absolute Gasteiger partial charge is 0.488 e. The molecule has 2 nitrogen and oxygen atoms in total. The first-order valence-electron chi connectivity index (χ1n) is 3.85. The summed E-state index contributed by atoms with van der Waals surface area (Å²) in [6, 6.07) is 2.31. The number of halogens is 3. The van der Waals surface area contributed by atoms with E-state index < -0.39 is 24.4 Å². The maximum absolute atomic E-state index is 12.8. The average Bonchev–Trinajstić information content (AvgIpc) is 2.01. The van der Waals surface area contributed by atoms with Gasteiger partial charge in [-0.1, -0.05) is 6.07 Å². The molecule has 0 atom stereocenters. The van der Waals surface area contributed by atoms with Gasteiger partial charge < -0.3 is 10.0 Å². The summed E-state index contributed by atoms with van der Waals surface area (Å²) in [7, 11) is -1.95. The van der Waals surface area contributed by atoms with Crippen LogP contribution in [0.4, 0.5) is 13.2 Å². The summed E-state index contributed by atoms with van der Waals surface area (Å²) in [5.41, 5.74) is -0.873. The monoisotopic (exact) mass is 204 g/mol. The lowest BCUT2D eigenvalue weighted by molar-refractivity contribution is 0.0172. The molecular formula is C8H8BF3O2. The lowest BCUT2D eigenvalue weighted by Crippen LogP contribution is -2.31. The first-order valence-corrected chi connectivity index (χ1v) is 3.85. The van der Waals surface area contributed by atoms with Crippen LogP contribution in [0.1, 0.15) is 12.5 Å². The Labute approximate surface area is 79.1 Å². The highest BCUT2D eigenvalue weighted by molar-refractivity contribution is 6.58. The topological polar surface area (TPSA) is 40.5 Å². The van der Waals surface area contributed by atoms with Crippen molar-refractivity contribution in [1.82, 2.24) is 0 Å². The van der Waals surface area contributed by atoms with Gasteiger partial charge in [0.1, 0.15) is 5.82 Å². The van der Waals surface area contributed by atoms with E-state index in [1.807, 2.05) is 0 Å². The summed E-state index contributed by atoms with van der Waals surface area (Å²) in [4.78, 5) is 0. The van der Waals surface area contributed by atoms with Crippen LogP contribution in [0, 0.1) is 5.82 Å². The Hall–Kier alpha value is -1.01. The zero-order valence-electron chi connectivity index (χ0n) is 7.34. The highest BCUT2D eigenvalue weighted by Gasteiger charge is 2.26. The Kier molecular flexibility index (Phi) is 2.87. The Morgan fingerprint density at radius 2 is 1.79 bits per heavy atom. The van der Waals surface area contributed by atoms with Crippen LogP contribution in [0.3, 0.4) is 0 Å². The van der Waals surface area contributed by atoms with E-state index in [0.717, 1.165) is 12.1 Å². The van der Waals surface area contributed by atoms with Gasteiger partial charge in [-0.3, -0.25) is 0 Å². The molecule has 0 spiro atoms. The van der Waals surface area contributed by atoms with Gasteiger partial charge in [0.05, 0.1) is 0 Å². The fourth-order valence-corrected chi connectivity index (χ4v) is 1.01. The zero-order valence-corrected chi connectivity index (χ0v) is 7.34. The average molecular weight is 204 g/mol. The van der Waals surface area contributed by atoms with E-state index in [1.54, 1.807) is 0 Å². The Bertz CT molecular complexity index is 336. The van der Waals surface area contributed by atoms with Crippen LogP contribution in [0.5, 0.6) is 0 Å². The Balaban J connectivity index is 3.21. The second-order valence-corrected chi connectivity index (χ2v) is 3.04. The van der Waals surface area contributed by atoms with E-state index in [4.69, 9.17) is 10.0 Å². The maximum atomic E-state index is 12.8. The molecular weight excluding hydrogens is 196 g/mol. The molecule has 76 valence electrons. The molecule has 0 amide bonds. The number of hydrogen-bond acceptors (Lipinski definition) is 2. The third-order valence-electron chi connectivity index (χ3n) is 1.73. The molecule has 0 bridgehead atoms. The van der Waals surface area contributed by atoms with E-state index in [2.05, 4.69) is 0 Å². The summed E-state index contributed by atoms with van der Waals surface area (Å²) in [5.74, 6) is -4.13. The third kappa shape index (κ3) is 2.49. The van der Waals surface area contributed by atoms with Crippen molar-refractivity contribution in [3.8, 4) is 0 Å². The van der Waals surface area contributed by atoms with Crippen molar-refractivity contribution < 1.29 is 23.2 Å². The molecule has 6 heteroatoms. The van der Waals surface area contributed by atoms with Crippen molar-refractivity contribution in [2.24, 2.45) is 0 Å². The van der Waals surface area contributed by atoms with Crippen LogP contribution >= 0.6 is 0 Å². The van der Waals surface area contributed by atoms with E-state index >= 15 is 0 Å². The minimum atomic E-state index is -3.20. The molecule has 1 aromatic rings. The van der Waals surface area contributed by atoms with Crippen LogP contribution in [0.15, 0.2) is 18.2 Å². The minimum Gasteiger partial charge on any atom is -0.423 e. The van der Waals surface area contributed by atoms with Gasteiger partial charge in [-0.05, 0) is 17.6 Å². The van der Waals surface area contributed by atoms with Gasteiger partial charge in [0.15, 0.2) is 0 Å². The standard InChI is InChI=1S/C8H8BF3O2/c1-8(11,12)5-2-6(9(13)14)4-7(10)3-5/h2-4,13-14H,1H3. The first-order chi connectivity index (χ1) is 6.30. The minimum absolute atomic E-state index is 0.290. The van der Waals surface area contributed by atoms with E-state index in [1.165, 1.54) is 0 Å². The predicted molar refractivity (Wildman–Crippen MR) is 45.8 cm³/mol. The van der Waals surface area contributed by atoms with Crippen LogP contribution in [-0.2, 0) is 5.92 Å². The molecule has 1 aromatic carbocycles. The molecule has 0 saturated carbocycles. The van der Waals surface area contributed by atoms with Gasteiger partial charge in [-0.2, -0.15) is 0 Å². The van der Waals surface area contributed by atoms with Crippen molar-refractivity contribution in [1.29, 1.82) is 0 Å². The molecule has 0 fully saturated rings. The molecule has 0 aliphatic heterocycles. The summed E-state index contributed by atoms with van der Waals surface area (Å²) in [6.45, 7) is 0.606. The quantitative estimate of drug-likeness (QED) is 0.693. The van der Waals surface area contributed by atoms with Gasteiger partial charge in [-0.25, -0.2) is 13.2 Å². The van der Waals surface area contributed by atoms with E-state index in [0.29, 0.717) is 13.0 Å². The maximum Gasteiger partial charge on any atom is 0.488 e. The number of alkyl halides is 2. The van der Waals surface area contributed by atoms with Crippen LogP contribution in [0.25, 0.3) is 0 Å². The second kappa shape index (κ2) is 3.63. The lowest BCUT2D eigenvalue weighted by Gasteiger charge is -2.12. The summed E-state index contributed by atoms with van der Waals surface area (Å²) in [6.07, 6.45) is 0. The number of rotatable bonds is 2. The molecule has 0 saturated heterocycles. The van der Waals surface area contributed by atoms with Crippen molar-refractivity contribution in [3.63, 3.8) is 0 Å². The molecule has 1 rings (SSSR count). The van der Waals surface area contributed by atoms with Crippen molar-refractivity contribution in [2.75, 3.05) is 0 Å². The van der Waals surface area contributed by atoms with Crippen LogP contribution in [-0.4, -0.2) is 17.2 Å². The normalized spacial score (nSPS) is 11.6. The molecule has 14 heavy (non-hydrogen) atoms. The first kappa shape index (κ1) is 11.1. The van der Waals surface area contributed by atoms with Crippen LogP contribution in [0.2, 0.25) is 0 Å². The molecule has 0 unspecified atom stereocenters. The van der Waals surface area contributed by atoms with Gasteiger partial charge in [0.25, 0.3) is 5.92 Å². The summed E-state index contributed by atoms with van der Waals surface area (Å²) < 4.78 is 38.3. The number of hydrogen-bond donors (Lipinski definition) is 2.